The number of fused-ring (bicyclic) bond motifs is 1. The van der Waals surface area contributed by atoms with Crippen LogP contribution in [0.1, 0.15) is 16.1 Å². The monoisotopic (exact) mass is 416 g/mol. The number of rotatable bonds is 7. The smallest absolute Gasteiger partial charge is 0.270 e. The van der Waals surface area contributed by atoms with Crippen LogP contribution in [-0.2, 0) is 0 Å². The number of benzene rings is 3. The van der Waals surface area contributed by atoms with E-state index in [0.717, 1.165) is 22.2 Å². The Morgan fingerprint density at radius 1 is 1.06 bits per heavy atom. The maximum absolute atomic E-state index is 13.0. The maximum atomic E-state index is 13.0. The molecule has 0 fully saturated rings. The van der Waals surface area contributed by atoms with Gasteiger partial charge in [0.25, 0.3) is 5.69 Å². The molecule has 0 radical (unpaired) electrons. The molecule has 156 valence electrons. The van der Waals surface area contributed by atoms with E-state index in [4.69, 9.17) is 9.47 Å². The Morgan fingerprint density at radius 3 is 2.52 bits per heavy atom. The molecule has 7 heteroatoms. The summed E-state index contributed by atoms with van der Waals surface area (Å²) in [7, 11) is 1.56. The molecule has 0 aliphatic carbocycles. The predicted molar refractivity (Wildman–Crippen MR) is 118 cm³/mol. The molecule has 0 aliphatic rings. The molecule has 0 saturated carbocycles. The standard InChI is InChI=1S/C24H20N2O5/c1-15-24(19-5-3-4-6-21(19)25-15)22(27)14-31-23-12-9-17(26(28)29)13-20(23)16-7-10-18(30-2)11-8-16/h3-13,25H,14H2,1-2H3. The highest BCUT2D eigenvalue weighted by molar-refractivity contribution is 6.09. The Hall–Kier alpha value is -4.13. The summed E-state index contributed by atoms with van der Waals surface area (Å²) >= 11 is 0. The molecule has 4 aromatic rings. The average Bonchev–Trinajstić information content (AvgIpc) is 3.13. The van der Waals surface area contributed by atoms with Crippen LogP contribution in [0.5, 0.6) is 11.5 Å². The van der Waals surface area contributed by atoms with Crippen molar-refractivity contribution in [3.63, 3.8) is 0 Å². The van der Waals surface area contributed by atoms with Gasteiger partial charge in [0, 0.05) is 39.9 Å². The zero-order valence-electron chi connectivity index (χ0n) is 17.0. The van der Waals surface area contributed by atoms with Crippen LogP contribution in [0, 0.1) is 17.0 Å². The normalized spacial score (nSPS) is 10.8. The van der Waals surface area contributed by atoms with Gasteiger partial charge in [-0.3, -0.25) is 14.9 Å². The quantitative estimate of drug-likeness (QED) is 0.250. The van der Waals surface area contributed by atoms with E-state index in [9.17, 15) is 14.9 Å². The molecule has 1 N–H and O–H groups in total. The summed E-state index contributed by atoms with van der Waals surface area (Å²) in [6, 6.07) is 19.0. The zero-order chi connectivity index (χ0) is 22.0. The number of nitro benzene ring substituents is 1. The number of aromatic amines is 1. The molecule has 1 aromatic heterocycles. The summed E-state index contributed by atoms with van der Waals surface area (Å²) < 4.78 is 11.0. The number of ketones is 1. The molecule has 1 heterocycles. The van der Waals surface area contributed by atoms with Crippen molar-refractivity contribution in [1.82, 2.24) is 4.98 Å². The van der Waals surface area contributed by atoms with Gasteiger partial charge in [-0.15, -0.1) is 0 Å². The van der Waals surface area contributed by atoms with Crippen LogP contribution in [0.15, 0.2) is 66.7 Å². The van der Waals surface area contributed by atoms with E-state index < -0.39 is 4.92 Å². The van der Waals surface area contributed by atoms with Gasteiger partial charge >= 0.3 is 0 Å². The van der Waals surface area contributed by atoms with Crippen molar-refractivity contribution in [2.75, 3.05) is 13.7 Å². The highest BCUT2D eigenvalue weighted by atomic mass is 16.6. The first kappa shape index (κ1) is 20.2. The van der Waals surface area contributed by atoms with E-state index in [1.165, 1.54) is 18.2 Å². The van der Waals surface area contributed by atoms with Gasteiger partial charge in [0.1, 0.15) is 11.5 Å². The van der Waals surface area contributed by atoms with Gasteiger partial charge in [-0.05, 0) is 36.8 Å². The lowest BCUT2D eigenvalue weighted by Crippen LogP contribution is -2.13. The number of nitro groups is 1. The predicted octanol–water partition coefficient (Wildman–Crippen LogP) is 5.32. The minimum absolute atomic E-state index is 0.0584. The van der Waals surface area contributed by atoms with Crippen LogP contribution >= 0.6 is 0 Å². The van der Waals surface area contributed by atoms with E-state index in [1.54, 1.807) is 31.4 Å². The van der Waals surface area contributed by atoms with Gasteiger partial charge in [-0.1, -0.05) is 30.3 Å². The first-order valence-corrected chi connectivity index (χ1v) is 9.64. The highest BCUT2D eigenvalue weighted by Gasteiger charge is 2.19. The van der Waals surface area contributed by atoms with Gasteiger partial charge in [0.2, 0.25) is 5.78 Å². The Balaban J connectivity index is 1.65. The third-order valence-electron chi connectivity index (χ3n) is 5.11. The minimum Gasteiger partial charge on any atom is -0.497 e. The molecule has 0 atom stereocenters. The summed E-state index contributed by atoms with van der Waals surface area (Å²) in [5, 5.41) is 12.1. The van der Waals surface area contributed by atoms with Crippen LogP contribution < -0.4 is 9.47 Å². The molecule has 0 bridgehead atoms. The van der Waals surface area contributed by atoms with E-state index in [1.807, 2.05) is 31.2 Å². The molecule has 31 heavy (non-hydrogen) atoms. The lowest BCUT2D eigenvalue weighted by Gasteiger charge is -2.12. The van der Waals surface area contributed by atoms with Gasteiger partial charge in [-0.2, -0.15) is 0 Å². The summed E-state index contributed by atoms with van der Waals surface area (Å²) in [6.07, 6.45) is 0. The molecular weight excluding hydrogens is 396 g/mol. The number of carbonyl (C=O) groups is 1. The van der Waals surface area contributed by atoms with E-state index in [2.05, 4.69) is 4.98 Å². The molecule has 0 amide bonds. The number of carbonyl (C=O) groups excluding carboxylic acids is 1. The molecular formula is C24H20N2O5. The minimum atomic E-state index is -0.461. The fourth-order valence-electron chi connectivity index (χ4n) is 3.60. The average molecular weight is 416 g/mol. The van der Waals surface area contributed by atoms with Gasteiger partial charge in [0.05, 0.1) is 12.0 Å². The van der Waals surface area contributed by atoms with Crippen LogP contribution in [0.25, 0.3) is 22.0 Å². The van der Waals surface area contributed by atoms with Gasteiger partial charge in [-0.25, -0.2) is 0 Å². The number of Topliss-reactive ketones (excluding diaryl/α,β-unsaturated/α-hetero) is 1. The summed E-state index contributed by atoms with van der Waals surface area (Å²) in [5.74, 6) is 0.886. The fourth-order valence-corrected chi connectivity index (χ4v) is 3.60. The molecule has 3 aromatic carbocycles. The first-order valence-electron chi connectivity index (χ1n) is 9.64. The number of nitrogens with one attached hydrogen (secondary N) is 1. The summed E-state index contributed by atoms with van der Waals surface area (Å²) in [5.41, 5.74) is 3.43. The largest absolute Gasteiger partial charge is 0.497 e. The number of para-hydroxylation sites is 1. The van der Waals surface area contributed by atoms with Crippen molar-refractivity contribution in [3.05, 3.63) is 88.1 Å². The first-order chi connectivity index (χ1) is 15.0. The second-order valence-corrected chi connectivity index (χ2v) is 7.05. The van der Waals surface area contributed by atoms with Crippen molar-refractivity contribution in [2.45, 2.75) is 6.92 Å². The van der Waals surface area contributed by atoms with E-state index in [0.29, 0.717) is 22.6 Å². The fraction of sp³-hybridized carbons (Fsp3) is 0.125. The summed E-state index contributed by atoms with van der Waals surface area (Å²) in [6.45, 7) is 1.66. The highest BCUT2D eigenvalue weighted by Crippen LogP contribution is 2.34. The number of nitrogens with zero attached hydrogens (tertiary/aromatic N) is 1. The topological polar surface area (TPSA) is 94.5 Å². The maximum Gasteiger partial charge on any atom is 0.270 e. The Morgan fingerprint density at radius 2 is 1.81 bits per heavy atom. The zero-order valence-corrected chi connectivity index (χ0v) is 17.0. The van der Waals surface area contributed by atoms with Crippen molar-refractivity contribution >= 4 is 22.4 Å². The molecule has 0 aliphatic heterocycles. The van der Waals surface area contributed by atoms with Crippen LogP contribution in [0.4, 0.5) is 5.69 Å². The number of methoxy groups -OCH3 is 1. The third kappa shape index (κ3) is 3.98. The summed E-state index contributed by atoms with van der Waals surface area (Å²) in [4.78, 5) is 27.0. The molecule has 0 saturated heterocycles. The van der Waals surface area contributed by atoms with E-state index >= 15 is 0 Å². The Labute approximate surface area is 178 Å². The lowest BCUT2D eigenvalue weighted by molar-refractivity contribution is -0.384. The number of ether oxygens (including phenoxy) is 2. The number of H-pyrrole nitrogens is 1. The van der Waals surface area contributed by atoms with Crippen LogP contribution in [-0.4, -0.2) is 29.4 Å². The SMILES string of the molecule is COc1ccc(-c2cc([N+](=O)[O-])ccc2OCC(=O)c2c(C)[nH]c3ccccc23)cc1. The number of non-ortho nitro benzene ring substituents is 1. The number of aryl methyl sites for hydroxylation is 1. The van der Waals surface area contributed by atoms with Crippen molar-refractivity contribution < 1.29 is 19.2 Å². The second kappa shape index (κ2) is 8.31. The van der Waals surface area contributed by atoms with Crippen LogP contribution in [0.3, 0.4) is 0 Å². The third-order valence-corrected chi connectivity index (χ3v) is 5.11. The number of hydrogen-bond donors (Lipinski definition) is 1. The van der Waals surface area contributed by atoms with Gasteiger partial charge in [0.15, 0.2) is 6.61 Å². The van der Waals surface area contributed by atoms with E-state index in [-0.39, 0.29) is 18.1 Å². The molecule has 0 spiro atoms. The van der Waals surface area contributed by atoms with Crippen molar-refractivity contribution in [1.29, 1.82) is 0 Å². The van der Waals surface area contributed by atoms with Crippen molar-refractivity contribution in [2.24, 2.45) is 0 Å². The lowest BCUT2D eigenvalue weighted by atomic mass is 10.0. The second-order valence-electron chi connectivity index (χ2n) is 7.05. The Bertz CT molecular complexity index is 1280. The molecule has 0 unspecified atom stereocenters. The Kier molecular flexibility index (Phi) is 5.41. The number of hydrogen-bond acceptors (Lipinski definition) is 5. The van der Waals surface area contributed by atoms with Crippen LogP contribution in [0.2, 0.25) is 0 Å². The van der Waals surface area contributed by atoms with Gasteiger partial charge < -0.3 is 14.5 Å². The van der Waals surface area contributed by atoms with Crippen molar-refractivity contribution in [3.8, 4) is 22.6 Å². The molecule has 4 rings (SSSR count). The molecule has 7 nitrogen and oxygen atoms in total. The number of aromatic nitrogens is 1.